The molecule has 2 heterocycles. The molecule has 0 amide bonds. The van der Waals surface area contributed by atoms with Crippen LogP contribution in [-0.2, 0) is 9.53 Å². The van der Waals surface area contributed by atoms with Crippen molar-refractivity contribution >= 4 is 39.5 Å². The smallest absolute Gasteiger partial charge is 0.336 e. The second-order valence-electron chi connectivity index (χ2n) is 5.71. The number of aromatic amines is 1. The fraction of sp³-hybridized carbons (Fsp3) is 0.278. The highest BCUT2D eigenvalue weighted by molar-refractivity contribution is 9.10. The van der Waals surface area contributed by atoms with Crippen LogP contribution in [0.15, 0.2) is 50.0 Å². The van der Waals surface area contributed by atoms with Gasteiger partial charge in [0.25, 0.3) is 5.56 Å². The summed E-state index contributed by atoms with van der Waals surface area (Å²) >= 11 is 4.87. The maximum atomic E-state index is 12.8. The van der Waals surface area contributed by atoms with Crippen LogP contribution >= 0.6 is 27.7 Å². The molecule has 1 atom stereocenters. The lowest BCUT2D eigenvalue weighted by atomic mass is 9.82. The van der Waals surface area contributed by atoms with Crippen LogP contribution in [0.4, 0.5) is 5.82 Å². The number of hydrogen-bond acceptors (Lipinski definition) is 6. The summed E-state index contributed by atoms with van der Waals surface area (Å²) in [7, 11) is 1.33. The average Bonchev–Trinajstić information content (AvgIpc) is 2.61. The third kappa shape index (κ3) is 3.43. The third-order valence-corrected chi connectivity index (χ3v) is 5.39. The van der Waals surface area contributed by atoms with Gasteiger partial charge in [0.15, 0.2) is 5.16 Å². The van der Waals surface area contributed by atoms with Gasteiger partial charge in [-0.05, 0) is 30.4 Å². The molecule has 2 aromatic rings. The molecule has 6 nitrogen and oxygen atoms in total. The number of ether oxygens (including phenoxy) is 1. The largest absolute Gasteiger partial charge is 0.466 e. The Morgan fingerprint density at radius 2 is 2.04 bits per heavy atom. The van der Waals surface area contributed by atoms with E-state index >= 15 is 0 Å². The van der Waals surface area contributed by atoms with Crippen LogP contribution in [0.5, 0.6) is 0 Å². The van der Waals surface area contributed by atoms with E-state index in [0.717, 1.165) is 15.8 Å². The first-order valence-corrected chi connectivity index (χ1v) is 9.82. The predicted molar refractivity (Wildman–Crippen MR) is 106 cm³/mol. The van der Waals surface area contributed by atoms with Gasteiger partial charge in [-0.3, -0.25) is 4.79 Å². The maximum absolute atomic E-state index is 12.8. The normalized spacial score (nSPS) is 16.1. The molecule has 2 N–H and O–H groups in total. The van der Waals surface area contributed by atoms with E-state index in [-0.39, 0.29) is 5.56 Å². The monoisotopic (exact) mass is 435 g/mol. The van der Waals surface area contributed by atoms with Crippen LogP contribution in [0.25, 0.3) is 0 Å². The van der Waals surface area contributed by atoms with Gasteiger partial charge in [0.1, 0.15) is 5.82 Å². The Morgan fingerprint density at radius 1 is 1.35 bits per heavy atom. The topological polar surface area (TPSA) is 84.1 Å². The first kappa shape index (κ1) is 18.7. The Balaban J connectivity index is 2.25. The summed E-state index contributed by atoms with van der Waals surface area (Å²) in [6.07, 6.45) is 0. The number of rotatable bonds is 4. The summed E-state index contributed by atoms with van der Waals surface area (Å²) in [5.74, 6) is 0.242. The van der Waals surface area contributed by atoms with Gasteiger partial charge in [-0.15, -0.1) is 0 Å². The minimum Gasteiger partial charge on any atom is -0.466 e. The zero-order chi connectivity index (χ0) is 18.8. The molecule has 1 aromatic heterocycles. The van der Waals surface area contributed by atoms with E-state index in [1.54, 1.807) is 6.92 Å². The van der Waals surface area contributed by atoms with Gasteiger partial charge in [0.05, 0.1) is 24.2 Å². The van der Waals surface area contributed by atoms with Crippen LogP contribution < -0.4 is 10.9 Å². The number of esters is 1. The van der Waals surface area contributed by atoms with E-state index in [9.17, 15) is 9.59 Å². The fourth-order valence-electron chi connectivity index (χ4n) is 3.01. The van der Waals surface area contributed by atoms with Crippen LogP contribution in [-0.4, -0.2) is 28.8 Å². The van der Waals surface area contributed by atoms with Gasteiger partial charge in [0.2, 0.25) is 0 Å². The van der Waals surface area contributed by atoms with Crippen LogP contribution in [0.3, 0.4) is 0 Å². The first-order chi connectivity index (χ1) is 12.5. The summed E-state index contributed by atoms with van der Waals surface area (Å²) in [6.45, 7) is 3.78. The van der Waals surface area contributed by atoms with Gasteiger partial charge in [-0.1, -0.05) is 46.7 Å². The molecule has 0 radical (unpaired) electrons. The molecule has 0 saturated carbocycles. The zero-order valence-corrected chi connectivity index (χ0v) is 17.0. The van der Waals surface area contributed by atoms with Crippen molar-refractivity contribution in [1.29, 1.82) is 0 Å². The Hall–Kier alpha value is -2.06. The van der Waals surface area contributed by atoms with Crippen molar-refractivity contribution in [1.82, 2.24) is 9.97 Å². The molecule has 0 bridgehead atoms. The highest BCUT2D eigenvalue weighted by Gasteiger charge is 2.36. The Kier molecular flexibility index (Phi) is 5.52. The van der Waals surface area contributed by atoms with Crippen molar-refractivity contribution in [2.24, 2.45) is 0 Å². The average molecular weight is 436 g/mol. The lowest BCUT2D eigenvalue weighted by molar-refractivity contribution is -0.136. The molecular weight excluding hydrogens is 418 g/mol. The maximum Gasteiger partial charge on any atom is 0.336 e. The highest BCUT2D eigenvalue weighted by Crippen LogP contribution is 2.40. The van der Waals surface area contributed by atoms with Crippen molar-refractivity contribution in [3.63, 3.8) is 0 Å². The second-order valence-corrected chi connectivity index (χ2v) is 7.87. The van der Waals surface area contributed by atoms with Crippen LogP contribution in [0.2, 0.25) is 0 Å². The van der Waals surface area contributed by atoms with E-state index in [1.807, 2.05) is 31.2 Å². The van der Waals surface area contributed by atoms with Crippen molar-refractivity contribution in [3.8, 4) is 0 Å². The molecular formula is C18H18BrN3O3S. The number of carbonyl (C=O) groups excluding carboxylic acids is 1. The molecule has 1 unspecified atom stereocenters. The van der Waals surface area contributed by atoms with Gasteiger partial charge < -0.3 is 15.0 Å². The molecule has 136 valence electrons. The van der Waals surface area contributed by atoms with E-state index in [1.165, 1.54) is 18.9 Å². The highest BCUT2D eigenvalue weighted by atomic mass is 79.9. The molecule has 1 aliphatic heterocycles. The zero-order valence-electron chi connectivity index (χ0n) is 14.6. The van der Waals surface area contributed by atoms with Crippen molar-refractivity contribution in [2.75, 3.05) is 18.2 Å². The van der Waals surface area contributed by atoms with E-state index in [0.29, 0.717) is 27.8 Å². The van der Waals surface area contributed by atoms with E-state index in [4.69, 9.17) is 4.74 Å². The number of carbonyl (C=O) groups is 1. The second kappa shape index (κ2) is 7.67. The first-order valence-electron chi connectivity index (χ1n) is 8.04. The van der Waals surface area contributed by atoms with Gasteiger partial charge in [0, 0.05) is 10.2 Å². The van der Waals surface area contributed by atoms with Gasteiger partial charge >= 0.3 is 5.97 Å². The number of H-pyrrole nitrogens is 1. The van der Waals surface area contributed by atoms with Crippen molar-refractivity contribution in [2.45, 2.75) is 24.9 Å². The molecule has 26 heavy (non-hydrogen) atoms. The Bertz CT molecular complexity index is 938. The number of nitrogens with zero attached hydrogens (tertiary/aromatic N) is 1. The minimum atomic E-state index is -0.552. The summed E-state index contributed by atoms with van der Waals surface area (Å²) in [5.41, 5.74) is 2.01. The molecule has 1 aromatic carbocycles. The summed E-state index contributed by atoms with van der Waals surface area (Å²) in [6, 6.07) is 7.52. The van der Waals surface area contributed by atoms with Crippen molar-refractivity contribution < 1.29 is 9.53 Å². The number of aromatic nitrogens is 2. The number of anilines is 1. The van der Waals surface area contributed by atoms with Crippen LogP contribution in [0.1, 0.15) is 30.9 Å². The standard InChI is InChI=1S/C18H18BrN3O3S/c1-4-26-18-21-15-14(16(23)22-18)13(10-5-7-11(19)8-6-10)12(9(2)20-15)17(24)25-3/h5-8,13H,4H2,1-3H3,(H2,20,21,22,23). The number of thioether (sulfide) groups is 1. The van der Waals surface area contributed by atoms with Crippen LogP contribution in [0, 0.1) is 0 Å². The number of hydrogen-bond donors (Lipinski definition) is 2. The predicted octanol–water partition coefficient (Wildman–Crippen LogP) is 3.65. The Labute approximate surface area is 163 Å². The van der Waals surface area contributed by atoms with Gasteiger partial charge in [-0.2, -0.15) is 0 Å². The molecule has 0 spiro atoms. The molecule has 0 saturated heterocycles. The number of fused-ring (bicyclic) bond motifs is 1. The molecule has 1 aliphatic rings. The van der Waals surface area contributed by atoms with E-state index in [2.05, 4.69) is 31.2 Å². The van der Waals surface area contributed by atoms with Crippen molar-refractivity contribution in [3.05, 3.63) is 61.5 Å². The third-order valence-electron chi connectivity index (χ3n) is 4.11. The molecule has 0 fully saturated rings. The molecule has 8 heteroatoms. The molecule has 0 aliphatic carbocycles. The number of halogens is 1. The SMILES string of the molecule is CCSc1nc2c(c(=O)[nH]1)C(c1ccc(Br)cc1)C(C(=O)OC)=C(C)N2. The minimum absolute atomic E-state index is 0.264. The lowest BCUT2D eigenvalue weighted by Gasteiger charge is -2.28. The number of allylic oxidation sites excluding steroid dienone is 1. The van der Waals surface area contributed by atoms with E-state index < -0.39 is 11.9 Å². The number of methoxy groups -OCH3 is 1. The van der Waals surface area contributed by atoms with Gasteiger partial charge in [-0.25, -0.2) is 9.78 Å². The fourth-order valence-corrected chi connectivity index (χ4v) is 3.86. The number of nitrogens with one attached hydrogen (secondary N) is 2. The summed E-state index contributed by atoms with van der Waals surface area (Å²) < 4.78 is 5.88. The number of benzene rings is 1. The summed E-state index contributed by atoms with van der Waals surface area (Å²) in [5, 5.41) is 3.65. The lowest BCUT2D eigenvalue weighted by Crippen LogP contribution is -2.30. The summed E-state index contributed by atoms with van der Waals surface area (Å²) in [4.78, 5) is 32.6. The molecule has 3 rings (SSSR count). The Morgan fingerprint density at radius 3 is 2.65 bits per heavy atom. The quantitative estimate of drug-likeness (QED) is 0.433.